The lowest BCUT2D eigenvalue weighted by Crippen LogP contribution is -2.34. The normalized spacial score (nSPS) is 11.0. The van der Waals surface area contributed by atoms with Crippen LogP contribution in [0.1, 0.15) is 113 Å². The van der Waals surface area contributed by atoms with Crippen molar-refractivity contribution in [1.29, 1.82) is 0 Å². The first kappa shape index (κ1) is 36.4. The summed E-state index contributed by atoms with van der Waals surface area (Å²) in [6.07, 6.45) is 8.55. The Balaban J connectivity index is 2.28. The van der Waals surface area contributed by atoms with E-state index in [0.29, 0.717) is 66.5 Å². The molecule has 0 atom stereocenters. The van der Waals surface area contributed by atoms with E-state index in [1.807, 2.05) is 0 Å². The van der Waals surface area contributed by atoms with Gasteiger partial charge in [0.25, 0.3) is 5.91 Å². The minimum Gasteiger partial charge on any atom is -0.493 e. The van der Waals surface area contributed by atoms with Crippen LogP contribution in [0.25, 0.3) is 11.1 Å². The Kier molecular flexibility index (Phi) is 16.2. The van der Waals surface area contributed by atoms with Gasteiger partial charge in [0.1, 0.15) is 17.1 Å². The molecule has 0 unspecified atom stereocenters. The molecular formula is C35H52N2O7. The van der Waals surface area contributed by atoms with Gasteiger partial charge >= 0.3 is 12.1 Å². The molecule has 0 fully saturated rings. The molecule has 0 aliphatic heterocycles. The molecule has 2 N–H and O–H groups in total. The van der Waals surface area contributed by atoms with Gasteiger partial charge in [0, 0.05) is 29.8 Å². The van der Waals surface area contributed by atoms with Crippen molar-refractivity contribution in [3.05, 3.63) is 47.5 Å². The zero-order valence-corrected chi connectivity index (χ0v) is 27.5. The summed E-state index contributed by atoms with van der Waals surface area (Å²) in [5, 5.41) is 5.61. The van der Waals surface area contributed by atoms with E-state index in [9.17, 15) is 14.4 Å². The second kappa shape index (κ2) is 19.5. The molecule has 244 valence electrons. The Morgan fingerprint density at radius 1 is 0.682 bits per heavy atom. The van der Waals surface area contributed by atoms with E-state index < -0.39 is 17.7 Å². The van der Waals surface area contributed by atoms with Gasteiger partial charge in [0.15, 0.2) is 0 Å². The predicted molar refractivity (Wildman–Crippen MR) is 174 cm³/mol. The van der Waals surface area contributed by atoms with Crippen molar-refractivity contribution in [1.82, 2.24) is 10.6 Å². The molecule has 2 amide bonds. The first-order chi connectivity index (χ1) is 21.1. The second-order valence-electron chi connectivity index (χ2n) is 11.8. The largest absolute Gasteiger partial charge is 0.493 e. The predicted octanol–water partition coefficient (Wildman–Crippen LogP) is 7.70. The molecule has 44 heavy (non-hydrogen) atoms. The van der Waals surface area contributed by atoms with Gasteiger partial charge in [0.05, 0.1) is 25.9 Å². The highest BCUT2D eigenvalue weighted by molar-refractivity contribution is 5.97. The summed E-state index contributed by atoms with van der Waals surface area (Å²) in [4.78, 5) is 37.5. The lowest BCUT2D eigenvalue weighted by atomic mass is 9.98. The van der Waals surface area contributed by atoms with Crippen LogP contribution in [0.3, 0.4) is 0 Å². The first-order valence-electron chi connectivity index (χ1n) is 16.0. The van der Waals surface area contributed by atoms with Crippen LogP contribution in [0.4, 0.5) is 4.79 Å². The molecule has 2 aromatic carbocycles. The van der Waals surface area contributed by atoms with Crippen molar-refractivity contribution in [2.45, 2.75) is 98.0 Å². The maximum atomic E-state index is 13.2. The third-order valence-electron chi connectivity index (χ3n) is 6.75. The molecule has 0 spiro atoms. The highest BCUT2D eigenvalue weighted by atomic mass is 16.6. The van der Waals surface area contributed by atoms with Gasteiger partial charge in [-0.3, -0.25) is 4.79 Å². The molecule has 2 rings (SSSR count). The lowest BCUT2D eigenvalue weighted by Gasteiger charge is -2.19. The molecule has 0 saturated carbocycles. The van der Waals surface area contributed by atoms with Gasteiger partial charge in [-0.2, -0.15) is 0 Å². The van der Waals surface area contributed by atoms with Crippen LogP contribution in [0.15, 0.2) is 36.4 Å². The molecule has 0 aliphatic rings. The summed E-state index contributed by atoms with van der Waals surface area (Å²) < 4.78 is 22.7. The summed E-state index contributed by atoms with van der Waals surface area (Å²) >= 11 is 0. The van der Waals surface area contributed by atoms with Gasteiger partial charge in [-0.15, -0.1) is 0 Å². The van der Waals surface area contributed by atoms with Gasteiger partial charge < -0.3 is 29.6 Å². The van der Waals surface area contributed by atoms with Crippen LogP contribution in [-0.4, -0.2) is 57.0 Å². The fraction of sp³-hybridized carbons (Fsp3) is 0.571. The molecule has 0 saturated heterocycles. The van der Waals surface area contributed by atoms with Crippen LogP contribution in [-0.2, 0) is 9.47 Å². The molecule has 0 bridgehead atoms. The number of alkyl carbamates (subject to hydrolysis) is 1. The number of hydrogen-bond acceptors (Lipinski definition) is 7. The summed E-state index contributed by atoms with van der Waals surface area (Å²) in [5.74, 6) is 0.494. The molecular weight excluding hydrogens is 560 g/mol. The van der Waals surface area contributed by atoms with E-state index in [1.54, 1.807) is 57.2 Å². The fourth-order valence-electron chi connectivity index (χ4n) is 4.44. The zero-order valence-electron chi connectivity index (χ0n) is 27.5. The standard InChI is InChI=1S/C35H52N2O7/c1-7-9-11-13-22-42-30-18-16-26(32(38)36-20-15-21-37-34(40)44-35(3,4)5)24-28(30)29-25-27(33(39)41-6)17-19-31(29)43-23-14-12-10-8-2/h16-19,24-25H,7-15,20-23H2,1-6H3,(H,36,38)(H,37,40). The van der Waals surface area contributed by atoms with E-state index >= 15 is 0 Å². The third kappa shape index (κ3) is 13.3. The van der Waals surface area contributed by atoms with E-state index in [2.05, 4.69) is 24.5 Å². The van der Waals surface area contributed by atoms with Crippen molar-refractivity contribution in [2.24, 2.45) is 0 Å². The summed E-state index contributed by atoms with van der Waals surface area (Å²) in [6, 6.07) is 10.5. The monoisotopic (exact) mass is 612 g/mol. The van der Waals surface area contributed by atoms with Gasteiger partial charge in [-0.05, 0) is 76.4 Å². The highest BCUT2D eigenvalue weighted by Gasteiger charge is 2.19. The number of hydrogen-bond donors (Lipinski definition) is 2. The first-order valence-corrected chi connectivity index (χ1v) is 16.0. The zero-order chi connectivity index (χ0) is 32.4. The molecule has 0 radical (unpaired) electrons. The maximum Gasteiger partial charge on any atom is 0.407 e. The quantitative estimate of drug-likeness (QED) is 0.123. The molecule has 9 nitrogen and oxygen atoms in total. The Hall–Kier alpha value is -3.75. The van der Waals surface area contributed by atoms with Crippen molar-refractivity contribution in [3.8, 4) is 22.6 Å². The molecule has 0 heterocycles. The number of amides is 2. The summed E-state index contributed by atoms with van der Waals surface area (Å²) in [7, 11) is 1.35. The van der Waals surface area contributed by atoms with Crippen LogP contribution >= 0.6 is 0 Å². The molecule has 9 heteroatoms. The van der Waals surface area contributed by atoms with Crippen LogP contribution in [0, 0.1) is 0 Å². The Morgan fingerprint density at radius 2 is 1.20 bits per heavy atom. The summed E-state index contributed by atoms with van der Waals surface area (Å²) in [6.45, 7) is 11.5. The van der Waals surface area contributed by atoms with E-state index in [0.717, 1.165) is 51.4 Å². The number of benzene rings is 2. The van der Waals surface area contributed by atoms with Gasteiger partial charge in [0.2, 0.25) is 0 Å². The van der Waals surface area contributed by atoms with Crippen LogP contribution in [0.5, 0.6) is 11.5 Å². The number of unbranched alkanes of at least 4 members (excludes halogenated alkanes) is 6. The van der Waals surface area contributed by atoms with Crippen molar-refractivity contribution < 1.29 is 33.3 Å². The Labute approximate surface area is 263 Å². The SMILES string of the molecule is CCCCCCOc1ccc(C(=O)NCCCNC(=O)OC(C)(C)C)cc1-c1cc(C(=O)OC)ccc1OCCCCCC. The molecule has 0 aliphatic carbocycles. The Morgan fingerprint density at radius 3 is 1.73 bits per heavy atom. The van der Waals surface area contributed by atoms with Gasteiger partial charge in [-0.25, -0.2) is 9.59 Å². The highest BCUT2D eigenvalue weighted by Crippen LogP contribution is 2.38. The third-order valence-corrected chi connectivity index (χ3v) is 6.75. The number of carbonyl (C=O) groups excluding carboxylic acids is 3. The van der Waals surface area contributed by atoms with E-state index in [1.165, 1.54) is 7.11 Å². The number of nitrogens with one attached hydrogen (secondary N) is 2. The molecule has 2 aromatic rings. The average Bonchev–Trinajstić information content (AvgIpc) is 2.99. The lowest BCUT2D eigenvalue weighted by molar-refractivity contribution is 0.0526. The minimum absolute atomic E-state index is 0.260. The smallest absolute Gasteiger partial charge is 0.407 e. The minimum atomic E-state index is -0.572. The topological polar surface area (TPSA) is 112 Å². The van der Waals surface area contributed by atoms with Gasteiger partial charge in [-0.1, -0.05) is 52.4 Å². The number of methoxy groups -OCH3 is 1. The second-order valence-corrected chi connectivity index (χ2v) is 11.8. The van der Waals surface area contributed by atoms with Crippen LogP contribution in [0.2, 0.25) is 0 Å². The summed E-state index contributed by atoms with van der Waals surface area (Å²) in [5.41, 5.74) is 1.56. The average molecular weight is 613 g/mol. The number of rotatable bonds is 19. The number of esters is 1. The van der Waals surface area contributed by atoms with E-state index in [-0.39, 0.29) is 5.91 Å². The fourth-order valence-corrected chi connectivity index (χ4v) is 4.44. The van der Waals surface area contributed by atoms with Crippen molar-refractivity contribution >= 4 is 18.0 Å². The van der Waals surface area contributed by atoms with Crippen LogP contribution < -0.4 is 20.1 Å². The number of carbonyl (C=O) groups is 3. The van der Waals surface area contributed by atoms with Crippen molar-refractivity contribution in [3.63, 3.8) is 0 Å². The van der Waals surface area contributed by atoms with Crippen molar-refractivity contribution in [2.75, 3.05) is 33.4 Å². The number of ether oxygens (including phenoxy) is 4. The van der Waals surface area contributed by atoms with E-state index in [4.69, 9.17) is 18.9 Å². The Bertz CT molecular complexity index is 1190. The maximum absolute atomic E-state index is 13.2. The molecule has 0 aromatic heterocycles.